The molecule has 104 valence electrons. The molecule has 3 rings (SSSR count). The third kappa shape index (κ3) is 2.73. The largest absolute Gasteiger partial charge is 0.316 e. The molecular weight excluding hydrogens is 305 g/mol. The Kier molecular flexibility index (Phi) is 3.95. The molecule has 19 heavy (non-hydrogen) atoms. The molecule has 2 fully saturated rings. The van der Waals surface area contributed by atoms with Gasteiger partial charge in [-0.1, -0.05) is 22.4 Å². The first-order valence-corrected chi connectivity index (χ1v) is 8.08. The number of nitrogens with one attached hydrogen (secondary N) is 1. The first-order valence-electron chi connectivity index (χ1n) is 7.28. The summed E-state index contributed by atoms with van der Waals surface area (Å²) in [4.78, 5) is 0. The van der Waals surface area contributed by atoms with Crippen molar-refractivity contribution in [1.29, 1.82) is 0 Å². The van der Waals surface area contributed by atoms with Crippen LogP contribution in [0.15, 0.2) is 22.7 Å². The van der Waals surface area contributed by atoms with E-state index in [1.165, 1.54) is 31.7 Å². The highest BCUT2D eigenvalue weighted by Crippen LogP contribution is 2.50. The van der Waals surface area contributed by atoms with Crippen LogP contribution in [0, 0.1) is 23.6 Å². The Morgan fingerprint density at radius 3 is 2.84 bits per heavy atom. The van der Waals surface area contributed by atoms with Crippen molar-refractivity contribution >= 4 is 15.9 Å². The van der Waals surface area contributed by atoms with Gasteiger partial charge >= 0.3 is 0 Å². The smallest absolute Gasteiger partial charge is 0.123 e. The highest BCUT2D eigenvalue weighted by atomic mass is 79.9. The maximum atomic E-state index is 13.4. The van der Waals surface area contributed by atoms with Gasteiger partial charge in [0.25, 0.3) is 0 Å². The third-order valence-corrected chi connectivity index (χ3v) is 5.90. The molecular formula is C16H21BrFN. The van der Waals surface area contributed by atoms with E-state index in [1.807, 2.05) is 13.1 Å². The fourth-order valence-corrected chi connectivity index (χ4v) is 4.60. The molecule has 0 heterocycles. The monoisotopic (exact) mass is 325 g/mol. The van der Waals surface area contributed by atoms with Crippen LogP contribution in [0.3, 0.4) is 0 Å². The van der Waals surface area contributed by atoms with Crippen molar-refractivity contribution in [2.75, 3.05) is 7.05 Å². The summed E-state index contributed by atoms with van der Waals surface area (Å²) in [7, 11) is 2.05. The number of benzene rings is 1. The molecule has 0 amide bonds. The maximum Gasteiger partial charge on any atom is 0.123 e. The molecule has 0 spiro atoms. The van der Waals surface area contributed by atoms with Crippen LogP contribution in [0.25, 0.3) is 0 Å². The van der Waals surface area contributed by atoms with Gasteiger partial charge < -0.3 is 5.32 Å². The van der Waals surface area contributed by atoms with Crippen molar-refractivity contribution in [2.24, 2.45) is 17.8 Å². The molecule has 1 N–H and O–H groups in total. The maximum absolute atomic E-state index is 13.4. The molecule has 1 nitrogen and oxygen atoms in total. The van der Waals surface area contributed by atoms with Gasteiger partial charge in [-0.2, -0.15) is 0 Å². The summed E-state index contributed by atoms with van der Waals surface area (Å²) in [5.74, 6) is 2.50. The zero-order chi connectivity index (χ0) is 13.4. The summed E-state index contributed by atoms with van der Waals surface area (Å²) in [6.07, 6.45) is 6.54. The van der Waals surface area contributed by atoms with Crippen LogP contribution >= 0.6 is 15.9 Å². The van der Waals surface area contributed by atoms with Crippen molar-refractivity contribution in [3.8, 4) is 0 Å². The predicted molar refractivity (Wildman–Crippen MR) is 79.6 cm³/mol. The minimum Gasteiger partial charge on any atom is -0.316 e. The molecule has 4 unspecified atom stereocenters. The third-order valence-electron chi connectivity index (χ3n) is 5.13. The van der Waals surface area contributed by atoms with Crippen molar-refractivity contribution in [2.45, 2.75) is 38.1 Å². The molecule has 3 heteroatoms. The zero-order valence-corrected chi connectivity index (χ0v) is 12.9. The lowest BCUT2D eigenvalue weighted by atomic mass is 9.81. The summed E-state index contributed by atoms with van der Waals surface area (Å²) in [6, 6.07) is 5.48. The topological polar surface area (TPSA) is 12.0 Å². The Hall–Kier alpha value is -0.410. The van der Waals surface area contributed by atoms with Crippen LogP contribution in [0.2, 0.25) is 0 Å². The van der Waals surface area contributed by atoms with E-state index in [0.717, 1.165) is 34.2 Å². The van der Waals surface area contributed by atoms with Gasteiger partial charge in [0.2, 0.25) is 0 Å². The number of rotatable bonds is 4. The van der Waals surface area contributed by atoms with E-state index in [1.54, 1.807) is 6.07 Å². The summed E-state index contributed by atoms with van der Waals surface area (Å²) in [5.41, 5.74) is 1.09. The van der Waals surface area contributed by atoms with Gasteiger partial charge in [0.1, 0.15) is 5.82 Å². The number of likely N-dealkylation sites (N-methyl/N-ethyl adjacent to an activating group) is 1. The minimum atomic E-state index is -0.138. The lowest BCUT2D eigenvalue weighted by molar-refractivity contribution is 0.255. The molecule has 1 aromatic carbocycles. The van der Waals surface area contributed by atoms with Gasteiger partial charge in [0.15, 0.2) is 0 Å². The summed E-state index contributed by atoms with van der Waals surface area (Å²) in [5, 5.41) is 3.48. The van der Waals surface area contributed by atoms with Gasteiger partial charge in [-0.3, -0.25) is 0 Å². The predicted octanol–water partition coefficient (Wildman–Crippen LogP) is 4.15. The molecule has 1 aromatic rings. The van der Waals surface area contributed by atoms with E-state index >= 15 is 0 Å². The quantitative estimate of drug-likeness (QED) is 0.876. The zero-order valence-electron chi connectivity index (χ0n) is 11.3. The Balaban J connectivity index is 1.74. The lowest BCUT2D eigenvalue weighted by Gasteiger charge is -2.30. The van der Waals surface area contributed by atoms with Crippen LogP contribution < -0.4 is 5.32 Å². The van der Waals surface area contributed by atoms with Gasteiger partial charge in [0, 0.05) is 10.5 Å². The average molecular weight is 326 g/mol. The van der Waals surface area contributed by atoms with Crippen LogP contribution in [0.4, 0.5) is 4.39 Å². The first-order chi connectivity index (χ1) is 9.17. The SMILES string of the molecule is CNC(Cc1cc(F)ccc1Br)C1CC2CCC1C2. The van der Waals surface area contributed by atoms with Crippen molar-refractivity contribution in [3.05, 3.63) is 34.1 Å². The fraction of sp³-hybridized carbons (Fsp3) is 0.625. The molecule has 0 aromatic heterocycles. The fourth-order valence-electron chi connectivity index (χ4n) is 4.19. The normalized spacial score (nSPS) is 30.8. The van der Waals surface area contributed by atoms with Crippen molar-refractivity contribution < 1.29 is 4.39 Å². The van der Waals surface area contributed by atoms with E-state index < -0.39 is 0 Å². The van der Waals surface area contributed by atoms with Gasteiger partial charge in [-0.15, -0.1) is 0 Å². The highest BCUT2D eigenvalue weighted by Gasteiger charge is 2.42. The van der Waals surface area contributed by atoms with E-state index in [9.17, 15) is 4.39 Å². The summed E-state index contributed by atoms with van der Waals surface area (Å²) >= 11 is 3.54. The Morgan fingerprint density at radius 1 is 1.37 bits per heavy atom. The van der Waals surface area contributed by atoms with Crippen molar-refractivity contribution in [3.63, 3.8) is 0 Å². The average Bonchev–Trinajstić information content (AvgIpc) is 3.02. The number of hydrogen-bond acceptors (Lipinski definition) is 1. The second-order valence-corrected chi connectivity index (χ2v) is 7.03. The van der Waals surface area contributed by atoms with Crippen LogP contribution in [-0.2, 0) is 6.42 Å². The molecule has 2 saturated carbocycles. The van der Waals surface area contributed by atoms with Gasteiger partial charge in [0.05, 0.1) is 0 Å². The second kappa shape index (κ2) is 5.53. The van der Waals surface area contributed by atoms with Crippen LogP contribution in [0.5, 0.6) is 0 Å². The van der Waals surface area contributed by atoms with E-state index in [2.05, 4.69) is 21.2 Å². The van der Waals surface area contributed by atoms with Gasteiger partial charge in [-0.05, 0) is 74.2 Å². The first kappa shape index (κ1) is 13.6. The van der Waals surface area contributed by atoms with Gasteiger partial charge in [-0.25, -0.2) is 4.39 Å². The Bertz CT molecular complexity index is 462. The Morgan fingerprint density at radius 2 is 2.21 bits per heavy atom. The van der Waals surface area contributed by atoms with Crippen LogP contribution in [-0.4, -0.2) is 13.1 Å². The summed E-state index contributed by atoms with van der Waals surface area (Å²) < 4.78 is 14.4. The van der Waals surface area contributed by atoms with Crippen LogP contribution in [0.1, 0.15) is 31.2 Å². The molecule has 2 aliphatic rings. The van der Waals surface area contributed by atoms with E-state index in [-0.39, 0.29) is 5.82 Å². The second-order valence-electron chi connectivity index (χ2n) is 6.17. The highest BCUT2D eigenvalue weighted by molar-refractivity contribution is 9.10. The molecule has 0 aliphatic heterocycles. The van der Waals surface area contributed by atoms with E-state index in [0.29, 0.717) is 6.04 Å². The number of halogens is 2. The molecule has 2 aliphatic carbocycles. The van der Waals surface area contributed by atoms with E-state index in [4.69, 9.17) is 0 Å². The molecule has 2 bridgehead atoms. The molecule has 4 atom stereocenters. The lowest BCUT2D eigenvalue weighted by Crippen LogP contribution is -2.38. The summed E-state index contributed by atoms with van der Waals surface area (Å²) in [6.45, 7) is 0. The Labute approximate surface area is 123 Å². The molecule has 0 saturated heterocycles. The molecule has 0 radical (unpaired) electrons. The minimum absolute atomic E-state index is 0.138. The number of fused-ring (bicyclic) bond motifs is 2. The van der Waals surface area contributed by atoms with Crippen molar-refractivity contribution in [1.82, 2.24) is 5.32 Å². The standard InChI is InChI=1S/C16H21BrFN/c1-19-16(14-7-10-2-3-11(14)6-10)9-12-8-13(18)4-5-15(12)17/h4-5,8,10-11,14,16,19H,2-3,6-7,9H2,1H3. The number of hydrogen-bond donors (Lipinski definition) is 1.